The van der Waals surface area contributed by atoms with E-state index in [-0.39, 0.29) is 0 Å². The topological polar surface area (TPSA) is 28.2 Å². The third-order valence-corrected chi connectivity index (χ3v) is 4.98. The van der Waals surface area contributed by atoms with Crippen LogP contribution >= 0.6 is 0 Å². The second-order valence-electron chi connectivity index (χ2n) is 6.35. The van der Waals surface area contributed by atoms with Crippen molar-refractivity contribution in [1.82, 2.24) is 15.2 Å². The summed E-state index contributed by atoms with van der Waals surface area (Å²) >= 11 is 0. The van der Waals surface area contributed by atoms with Crippen LogP contribution in [0.5, 0.6) is 0 Å². The van der Waals surface area contributed by atoms with E-state index in [0.29, 0.717) is 0 Å². The van der Waals surface area contributed by atoms with Crippen molar-refractivity contribution in [2.45, 2.75) is 63.6 Å². The number of pyridine rings is 1. The van der Waals surface area contributed by atoms with Gasteiger partial charge in [0.25, 0.3) is 0 Å². The zero-order valence-electron chi connectivity index (χ0n) is 12.6. The molecule has 2 bridgehead atoms. The van der Waals surface area contributed by atoms with Crippen LogP contribution in [0.4, 0.5) is 0 Å². The van der Waals surface area contributed by atoms with Gasteiger partial charge in [0.2, 0.25) is 0 Å². The first-order chi connectivity index (χ1) is 9.86. The van der Waals surface area contributed by atoms with E-state index in [4.69, 9.17) is 0 Å². The van der Waals surface area contributed by atoms with Crippen LogP contribution in [0.2, 0.25) is 0 Å². The molecule has 3 heterocycles. The summed E-state index contributed by atoms with van der Waals surface area (Å²) in [5, 5.41) is 3.73. The molecule has 0 aromatic carbocycles. The van der Waals surface area contributed by atoms with Gasteiger partial charge < -0.3 is 5.32 Å². The molecule has 0 aliphatic carbocycles. The normalized spacial score (nSPS) is 29.8. The van der Waals surface area contributed by atoms with E-state index < -0.39 is 0 Å². The molecular formula is C17H27N3. The second-order valence-corrected chi connectivity index (χ2v) is 6.35. The standard InChI is InChI=1S/C17H27N3/c1-2-8-19-15-12-16-3-4-17(13-15)20(16)11-7-14-5-9-18-10-6-14/h5-6,9-10,15-17,19H,2-4,7-8,11-13H2,1H3. The van der Waals surface area contributed by atoms with Gasteiger partial charge in [-0.15, -0.1) is 0 Å². The zero-order chi connectivity index (χ0) is 13.8. The van der Waals surface area contributed by atoms with Crippen molar-refractivity contribution in [3.8, 4) is 0 Å². The van der Waals surface area contributed by atoms with Gasteiger partial charge in [-0.2, -0.15) is 0 Å². The van der Waals surface area contributed by atoms with Crippen molar-refractivity contribution in [3.63, 3.8) is 0 Å². The molecule has 110 valence electrons. The first-order valence-corrected chi connectivity index (χ1v) is 8.25. The number of hydrogen-bond donors (Lipinski definition) is 1. The van der Waals surface area contributed by atoms with Crippen LogP contribution in [0.1, 0.15) is 44.6 Å². The molecule has 0 saturated carbocycles. The van der Waals surface area contributed by atoms with Gasteiger partial charge in [0, 0.05) is 37.1 Å². The van der Waals surface area contributed by atoms with E-state index in [1.54, 1.807) is 0 Å². The fourth-order valence-corrected chi connectivity index (χ4v) is 3.96. The molecule has 2 unspecified atom stereocenters. The van der Waals surface area contributed by atoms with Crippen LogP contribution in [-0.2, 0) is 6.42 Å². The fourth-order valence-electron chi connectivity index (χ4n) is 3.96. The van der Waals surface area contributed by atoms with Gasteiger partial charge in [0.1, 0.15) is 0 Å². The molecule has 20 heavy (non-hydrogen) atoms. The van der Waals surface area contributed by atoms with Gasteiger partial charge in [-0.05, 0) is 62.8 Å². The molecule has 1 N–H and O–H groups in total. The molecule has 3 rings (SSSR count). The Hall–Kier alpha value is -0.930. The van der Waals surface area contributed by atoms with Crippen molar-refractivity contribution in [1.29, 1.82) is 0 Å². The Morgan fingerprint density at radius 2 is 1.90 bits per heavy atom. The largest absolute Gasteiger partial charge is 0.314 e. The van der Waals surface area contributed by atoms with E-state index in [1.165, 1.54) is 57.2 Å². The minimum atomic E-state index is 0.768. The Balaban J connectivity index is 1.52. The van der Waals surface area contributed by atoms with Gasteiger partial charge in [0.05, 0.1) is 0 Å². The van der Waals surface area contributed by atoms with Gasteiger partial charge in [-0.25, -0.2) is 0 Å². The maximum Gasteiger partial charge on any atom is 0.0270 e. The number of fused-ring (bicyclic) bond motifs is 2. The minimum absolute atomic E-state index is 0.768. The van der Waals surface area contributed by atoms with E-state index >= 15 is 0 Å². The molecule has 1 aromatic heterocycles. The molecule has 2 fully saturated rings. The Morgan fingerprint density at radius 1 is 1.20 bits per heavy atom. The average molecular weight is 273 g/mol. The summed E-state index contributed by atoms with van der Waals surface area (Å²) in [4.78, 5) is 6.88. The first-order valence-electron chi connectivity index (χ1n) is 8.25. The van der Waals surface area contributed by atoms with E-state index in [9.17, 15) is 0 Å². The summed E-state index contributed by atoms with van der Waals surface area (Å²) < 4.78 is 0. The van der Waals surface area contributed by atoms with Crippen LogP contribution in [0.25, 0.3) is 0 Å². The number of nitrogens with zero attached hydrogens (tertiary/aromatic N) is 2. The molecule has 3 heteroatoms. The van der Waals surface area contributed by atoms with E-state index in [0.717, 1.165) is 18.1 Å². The van der Waals surface area contributed by atoms with Crippen molar-refractivity contribution < 1.29 is 0 Å². The summed E-state index contributed by atoms with van der Waals surface area (Å²) in [6.45, 7) is 4.66. The molecule has 3 nitrogen and oxygen atoms in total. The number of piperidine rings is 1. The highest BCUT2D eigenvalue weighted by atomic mass is 15.2. The molecule has 2 saturated heterocycles. The van der Waals surface area contributed by atoms with Crippen LogP contribution in [0, 0.1) is 0 Å². The van der Waals surface area contributed by atoms with E-state index in [2.05, 4.69) is 34.3 Å². The number of rotatable bonds is 6. The Labute approximate surface area is 122 Å². The molecule has 0 amide bonds. The third-order valence-electron chi connectivity index (χ3n) is 4.98. The first kappa shape index (κ1) is 14.0. The lowest BCUT2D eigenvalue weighted by molar-refractivity contribution is 0.118. The molecule has 1 aromatic rings. The summed E-state index contributed by atoms with van der Waals surface area (Å²) in [5.41, 5.74) is 1.42. The van der Waals surface area contributed by atoms with Crippen LogP contribution in [0.3, 0.4) is 0 Å². The fraction of sp³-hybridized carbons (Fsp3) is 0.706. The molecule has 2 atom stereocenters. The summed E-state index contributed by atoms with van der Waals surface area (Å²) in [5.74, 6) is 0. The molecule has 2 aliphatic heterocycles. The SMILES string of the molecule is CCCNC1CC2CCC(C1)N2CCc1ccncc1. The van der Waals surface area contributed by atoms with Crippen LogP contribution in [0.15, 0.2) is 24.5 Å². The summed E-state index contributed by atoms with van der Waals surface area (Å²) in [6.07, 6.45) is 11.8. The highest BCUT2D eigenvalue weighted by molar-refractivity contribution is 5.10. The lowest BCUT2D eigenvalue weighted by Gasteiger charge is -2.39. The van der Waals surface area contributed by atoms with Gasteiger partial charge in [-0.1, -0.05) is 6.92 Å². The van der Waals surface area contributed by atoms with Crippen molar-refractivity contribution in [3.05, 3.63) is 30.1 Å². The van der Waals surface area contributed by atoms with E-state index in [1.807, 2.05) is 12.4 Å². The van der Waals surface area contributed by atoms with Gasteiger partial charge in [-0.3, -0.25) is 9.88 Å². The predicted octanol–water partition coefficient (Wildman–Crippen LogP) is 2.62. The number of aromatic nitrogens is 1. The Bertz CT molecular complexity index is 392. The van der Waals surface area contributed by atoms with Gasteiger partial charge >= 0.3 is 0 Å². The summed E-state index contributed by atoms with van der Waals surface area (Å²) in [7, 11) is 0. The average Bonchev–Trinajstić information content (AvgIpc) is 2.73. The molecule has 2 aliphatic rings. The quantitative estimate of drug-likeness (QED) is 0.863. The van der Waals surface area contributed by atoms with Gasteiger partial charge in [0.15, 0.2) is 0 Å². The maximum absolute atomic E-state index is 4.10. The second kappa shape index (κ2) is 6.68. The zero-order valence-corrected chi connectivity index (χ0v) is 12.6. The number of hydrogen-bond acceptors (Lipinski definition) is 3. The molecule has 0 spiro atoms. The van der Waals surface area contributed by atoms with Crippen molar-refractivity contribution in [2.75, 3.05) is 13.1 Å². The van der Waals surface area contributed by atoms with Crippen LogP contribution in [-0.4, -0.2) is 41.1 Å². The smallest absolute Gasteiger partial charge is 0.0270 e. The number of nitrogens with one attached hydrogen (secondary N) is 1. The predicted molar refractivity (Wildman–Crippen MR) is 82.8 cm³/mol. The third kappa shape index (κ3) is 3.21. The lowest BCUT2D eigenvalue weighted by Crippen LogP contribution is -2.49. The van der Waals surface area contributed by atoms with Crippen LogP contribution < -0.4 is 5.32 Å². The summed E-state index contributed by atoms with van der Waals surface area (Å²) in [6, 6.07) is 6.72. The lowest BCUT2D eigenvalue weighted by atomic mass is 9.96. The monoisotopic (exact) mass is 273 g/mol. The minimum Gasteiger partial charge on any atom is -0.314 e. The maximum atomic E-state index is 4.10. The highest BCUT2D eigenvalue weighted by Gasteiger charge is 2.39. The van der Waals surface area contributed by atoms with Crippen molar-refractivity contribution >= 4 is 0 Å². The Morgan fingerprint density at radius 3 is 2.55 bits per heavy atom. The molecular weight excluding hydrogens is 246 g/mol. The molecule has 0 radical (unpaired) electrons. The highest BCUT2D eigenvalue weighted by Crippen LogP contribution is 2.35. The van der Waals surface area contributed by atoms with Crippen molar-refractivity contribution in [2.24, 2.45) is 0 Å². The Kier molecular flexibility index (Phi) is 4.69.